The zero-order chi connectivity index (χ0) is 23.4. The third-order valence-corrected chi connectivity index (χ3v) is 6.73. The molecule has 0 saturated heterocycles. The van der Waals surface area contributed by atoms with Crippen LogP contribution in [-0.4, -0.2) is 32.6 Å². The third-order valence-electron chi connectivity index (χ3n) is 4.78. The summed E-state index contributed by atoms with van der Waals surface area (Å²) in [6, 6.07) is 20.6. The summed E-state index contributed by atoms with van der Waals surface area (Å²) in [6.45, 7) is 0.844. The number of thiazole rings is 1. The van der Waals surface area contributed by atoms with Gasteiger partial charge in [0.2, 0.25) is 10.0 Å². The van der Waals surface area contributed by atoms with Crippen molar-refractivity contribution < 1.29 is 22.7 Å². The van der Waals surface area contributed by atoms with Crippen molar-refractivity contribution in [2.24, 2.45) is 10.1 Å². The fourth-order valence-electron chi connectivity index (χ4n) is 3.16. The van der Waals surface area contributed by atoms with Crippen LogP contribution in [0.5, 0.6) is 11.5 Å². The lowest BCUT2D eigenvalue weighted by Crippen LogP contribution is -2.19. The number of nitrogens with zero attached hydrogens (tertiary/aromatic N) is 2. The van der Waals surface area contributed by atoms with E-state index in [0.29, 0.717) is 39.7 Å². The van der Waals surface area contributed by atoms with Crippen LogP contribution in [0, 0.1) is 0 Å². The van der Waals surface area contributed by atoms with Crippen LogP contribution in [-0.2, 0) is 21.3 Å². The minimum Gasteiger partial charge on any atom is -0.457 e. The molecule has 8 nitrogen and oxygen atoms in total. The average Bonchev–Trinajstić information content (AvgIpc) is 3.14. The molecule has 0 aliphatic rings. The minimum atomic E-state index is -3.84. The van der Waals surface area contributed by atoms with E-state index >= 15 is 0 Å². The lowest BCUT2D eigenvalue weighted by atomic mass is 10.2. The quantitative estimate of drug-likeness (QED) is 0.432. The predicted octanol–water partition coefficient (Wildman–Crippen LogP) is 3.53. The number of hydrogen-bond acceptors (Lipinski definition) is 6. The summed E-state index contributed by atoms with van der Waals surface area (Å²) in [6.07, 6.45) is 0. The number of nitrogens with two attached hydrogens (primary N) is 1. The van der Waals surface area contributed by atoms with Crippen molar-refractivity contribution in [1.29, 1.82) is 0 Å². The molecule has 1 heterocycles. The van der Waals surface area contributed by atoms with Crippen LogP contribution in [0.3, 0.4) is 0 Å². The highest BCUT2D eigenvalue weighted by atomic mass is 32.2. The number of fused-ring (bicyclic) bond motifs is 1. The van der Waals surface area contributed by atoms with Gasteiger partial charge in [-0.1, -0.05) is 29.5 Å². The molecule has 4 aromatic rings. The molecule has 0 bridgehead atoms. The van der Waals surface area contributed by atoms with Gasteiger partial charge >= 0.3 is 0 Å². The fourth-order valence-corrected chi connectivity index (χ4v) is 4.86. The Morgan fingerprint density at radius 3 is 2.39 bits per heavy atom. The summed E-state index contributed by atoms with van der Waals surface area (Å²) in [5.41, 5.74) is 1.14. The second-order valence-electron chi connectivity index (χ2n) is 7.06. The number of benzene rings is 3. The first-order chi connectivity index (χ1) is 15.8. The van der Waals surface area contributed by atoms with E-state index in [9.17, 15) is 13.2 Å². The lowest BCUT2D eigenvalue weighted by molar-refractivity contribution is 0.0997. The lowest BCUT2D eigenvalue weighted by Gasteiger charge is -2.06. The highest BCUT2D eigenvalue weighted by Crippen LogP contribution is 2.23. The normalized spacial score (nSPS) is 12.2. The highest BCUT2D eigenvalue weighted by molar-refractivity contribution is 7.89. The van der Waals surface area contributed by atoms with E-state index in [2.05, 4.69) is 4.99 Å². The molecule has 3 aromatic carbocycles. The van der Waals surface area contributed by atoms with Crippen molar-refractivity contribution in [3.63, 3.8) is 0 Å². The van der Waals surface area contributed by atoms with E-state index in [1.54, 1.807) is 37.4 Å². The van der Waals surface area contributed by atoms with Gasteiger partial charge in [0.25, 0.3) is 5.91 Å². The van der Waals surface area contributed by atoms with E-state index in [-0.39, 0.29) is 4.90 Å². The van der Waals surface area contributed by atoms with Crippen LogP contribution in [0.2, 0.25) is 0 Å². The van der Waals surface area contributed by atoms with Gasteiger partial charge in [-0.05, 0) is 54.6 Å². The van der Waals surface area contributed by atoms with E-state index in [0.717, 1.165) is 5.52 Å². The smallest absolute Gasteiger partial charge is 0.279 e. The topological polar surface area (TPSA) is 113 Å². The largest absolute Gasteiger partial charge is 0.457 e. The number of amides is 1. The molecule has 170 valence electrons. The Morgan fingerprint density at radius 1 is 1.03 bits per heavy atom. The predicted molar refractivity (Wildman–Crippen MR) is 126 cm³/mol. The summed E-state index contributed by atoms with van der Waals surface area (Å²) in [5, 5.41) is 5.25. The number of para-hydroxylation sites is 1. The maximum atomic E-state index is 12.9. The molecule has 0 aliphatic heterocycles. The standard InChI is InChI=1S/C23H21N3O5S2/c1-30-14-13-26-20-12-11-19(33(24,28)29)15-21(20)32-23(26)25-22(27)16-7-9-18(10-8-16)31-17-5-3-2-4-6-17/h2-12,15H,13-14H2,1H3,(H2,24,28,29). The Kier molecular flexibility index (Phi) is 6.70. The first-order valence-corrected chi connectivity index (χ1v) is 12.3. The van der Waals surface area contributed by atoms with Gasteiger partial charge in [0.15, 0.2) is 4.80 Å². The van der Waals surface area contributed by atoms with Gasteiger partial charge in [-0.25, -0.2) is 13.6 Å². The summed E-state index contributed by atoms with van der Waals surface area (Å²) in [5.74, 6) is 0.875. The average molecular weight is 484 g/mol. The van der Waals surface area contributed by atoms with Crippen LogP contribution < -0.4 is 14.7 Å². The Bertz CT molecular complexity index is 1460. The number of sulfonamides is 1. The molecule has 0 fully saturated rings. The van der Waals surface area contributed by atoms with Crippen LogP contribution in [0.1, 0.15) is 10.4 Å². The number of carbonyl (C=O) groups excluding carboxylic acids is 1. The van der Waals surface area contributed by atoms with E-state index in [1.807, 2.05) is 34.9 Å². The highest BCUT2D eigenvalue weighted by Gasteiger charge is 2.14. The summed E-state index contributed by atoms with van der Waals surface area (Å²) >= 11 is 1.21. The fraction of sp³-hybridized carbons (Fsp3) is 0.130. The number of methoxy groups -OCH3 is 1. The van der Waals surface area contributed by atoms with Crippen LogP contribution >= 0.6 is 11.3 Å². The van der Waals surface area contributed by atoms with Crippen LogP contribution in [0.15, 0.2) is 82.7 Å². The number of primary sulfonamides is 1. The molecule has 1 aromatic heterocycles. The second-order valence-corrected chi connectivity index (χ2v) is 9.63. The van der Waals surface area contributed by atoms with Gasteiger partial charge in [0, 0.05) is 19.2 Å². The van der Waals surface area contributed by atoms with Crippen molar-refractivity contribution in [1.82, 2.24) is 4.57 Å². The van der Waals surface area contributed by atoms with Gasteiger partial charge in [-0.15, -0.1) is 0 Å². The Labute approximate surface area is 194 Å². The number of rotatable bonds is 7. The van der Waals surface area contributed by atoms with Gasteiger partial charge in [-0.2, -0.15) is 4.99 Å². The van der Waals surface area contributed by atoms with Crippen molar-refractivity contribution >= 4 is 37.5 Å². The first kappa shape index (κ1) is 22.9. The summed E-state index contributed by atoms with van der Waals surface area (Å²) in [4.78, 5) is 17.6. The van der Waals surface area contributed by atoms with Crippen molar-refractivity contribution in [3.8, 4) is 11.5 Å². The van der Waals surface area contributed by atoms with E-state index < -0.39 is 15.9 Å². The van der Waals surface area contributed by atoms with E-state index in [1.165, 1.54) is 23.5 Å². The molecular formula is C23H21N3O5S2. The first-order valence-electron chi connectivity index (χ1n) is 9.92. The maximum absolute atomic E-state index is 12.9. The minimum absolute atomic E-state index is 0.00187. The van der Waals surface area contributed by atoms with Crippen molar-refractivity contribution in [2.45, 2.75) is 11.4 Å². The molecule has 0 saturated carbocycles. The van der Waals surface area contributed by atoms with Crippen LogP contribution in [0.4, 0.5) is 0 Å². The van der Waals surface area contributed by atoms with Crippen molar-refractivity contribution in [3.05, 3.63) is 83.2 Å². The number of aromatic nitrogens is 1. The molecule has 0 spiro atoms. The second kappa shape index (κ2) is 9.67. The zero-order valence-electron chi connectivity index (χ0n) is 17.7. The van der Waals surface area contributed by atoms with Crippen molar-refractivity contribution in [2.75, 3.05) is 13.7 Å². The monoisotopic (exact) mass is 483 g/mol. The Balaban J connectivity index is 1.67. The summed E-state index contributed by atoms with van der Waals surface area (Å²) in [7, 11) is -2.27. The molecule has 10 heteroatoms. The Hall–Kier alpha value is -3.31. The molecule has 0 aliphatic carbocycles. The maximum Gasteiger partial charge on any atom is 0.279 e. The number of carbonyl (C=O) groups is 1. The Morgan fingerprint density at radius 2 is 1.73 bits per heavy atom. The number of ether oxygens (including phenoxy) is 2. The molecule has 4 rings (SSSR count). The molecule has 0 radical (unpaired) electrons. The molecule has 0 atom stereocenters. The molecule has 33 heavy (non-hydrogen) atoms. The van der Waals surface area contributed by atoms with Gasteiger partial charge in [0.05, 0.1) is 21.7 Å². The third kappa shape index (κ3) is 5.37. The van der Waals surface area contributed by atoms with Gasteiger partial charge in [0.1, 0.15) is 11.5 Å². The summed E-state index contributed by atoms with van der Waals surface area (Å²) < 4.78 is 36.8. The van der Waals surface area contributed by atoms with Gasteiger partial charge in [-0.3, -0.25) is 4.79 Å². The molecule has 0 unspecified atom stereocenters. The van der Waals surface area contributed by atoms with E-state index in [4.69, 9.17) is 14.6 Å². The zero-order valence-corrected chi connectivity index (χ0v) is 19.3. The van der Waals surface area contributed by atoms with Crippen LogP contribution in [0.25, 0.3) is 10.2 Å². The SMILES string of the molecule is COCCn1c(=NC(=O)c2ccc(Oc3ccccc3)cc2)sc2cc(S(N)(=O)=O)ccc21. The molecule has 2 N–H and O–H groups in total. The molecule has 1 amide bonds. The number of hydrogen-bond donors (Lipinski definition) is 1. The molecular weight excluding hydrogens is 462 g/mol. The van der Waals surface area contributed by atoms with Gasteiger partial charge < -0.3 is 14.0 Å².